The maximum atomic E-state index is 13.1. The van der Waals surface area contributed by atoms with Gasteiger partial charge in [-0.1, -0.05) is 44.2 Å². The van der Waals surface area contributed by atoms with Crippen LogP contribution in [0.1, 0.15) is 48.8 Å². The number of amides is 3. The fourth-order valence-electron chi connectivity index (χ4n) is 3.94. The maximum absolute atomic E-state index is 13.1. The van der Waals surface area contributed by atoms with Crippen molar-refractivity contribution in [2.75, 3.05) is 25.5 Å². The van der Waals surface area contributed by atoms with E-state index in [0.29, 0.717) is 28.7 Å². The highest BCUT2D eigenvalue weighted by Crippen LogP contribution is 2.17. The molecule has 0 aliphatic heterocycles. The number of methoxy groups -OCH3 is 1. The number of thiazole rings is 1. The van der Waals surface area contributed by atoms with Gasteiger partial charge in [-0.2, -0.15) is 0 Å². The fourth-order valence-corrected chi connectivity index (χ4v) is 4.67. The summed E-state index contributed by atoms with van der Waals surface area (Å²) in [5.74, 6) is 0.165. The van der Waals surface area contributed by atoms with E-state index in [9.17, 15) is 14.4 Å². The summed E-state index contributed by atoms with van der Waals surface area (Å²) in [6.45, 7) is 6.31. The van der Waals surface area contributed by atoms with E-state index in [1.165, 1.54) is 21.8 Å². The fraction of sp³-hybridized carbons (Fsp3) is 0.379. The van der Waals surface area contributed by atoms with E-state index >= 15 is 0 Å². The van der Waals surface area contributed by atoms with E-state index in [2.05, 4.69) is 27.8 Å². The molecule has 3 amide bonds. The van der Waals surface area contributed by atoms with Crippen molar-refractivity contribution in [1.82, 2.24) is 15.2 Å². The van der Waals surface area contributed by atoms with E-state index in [4.69, 9.17) is 4.74 Å². The van der Waals surface area contributed by atoms with Crippen LogP contribution < -0.4 is 15.4 Å². The zero-order valence-electron chi connectivity index (χ0n) is 22.4. The zero-order valence-corrected chi connectivity index (χ0v) is 23.2. The minimum Gasteiger partial charge on any atom is -0.497 e. The van der Waals surface area contributed by atoms with Crippen LogP contribution >= 0.6 is 11.3 Å². The number of carbonyl (C=O) groups excluding carboxylic acids is 3. The first-order valence-corrected chi connectivity index (χ1v) is 13.6. The highest BCUT2D eigenvalue weighted by atomic mass is 32.1. The number of aromatic nitrogens is 1. The average Bonchev–Trinajstić information content (AvgIpc) is 3.33. The quantitative estimate of drug-likeness (QED) is 0.333. The minimum atomic E-state index is -0.340. The standard InChI is InChI=1S/C29H36N4O4S/c1-20(2)17-33(28(36)23-12-14-25(37-4)15-13-23)18-27(35)32-29-31-24(19-38-29)16-26(34)30-21(3)10-11-22-8-6-5-7-9-22/h5-9,12-15,19-21H,10-11,16-18H2,1-4H3,(H,30,34)(H,31,32,35). The van der Waals surface area contributed by atoms with Gasteiger partial charge < -0.3 is 20.3 Å². The Hall–Kier alpha value is -3.72. The molecule has 0 saturated carbocycles. The van der Waals surface area contributed by atoms with Crippen LogP contribution in [-0.4, -0.2) is 53.8 Å². The van der Waals surface area contributed by atoms with Gasteiger partial charge in [0, 0.05) is 23.5 Å². The number of ether oxygens (including phenoxy) is 1. The summed E-state index contributed by atoms with van der Waals surface area (Å²) in [5.41, 5.74) is 2.32. The van der Waals surface area contributed by atoms with Gasteiger partial charge in [0.25, 0.3) is 5.91 Å². The molecule has 0 spiro atoms. The van der Waals surface area contributed by atoms with Crippen molar-refractivity contribution in [2.45, 2.75) is 46.1 Å². The van der Waals surface area contributed by atoms with Crippen molar-refractivity contribution in [3.63, 3.8) is 0 Å². The van der Waals surface area contributed by atoms with Crippen LogP contribution in [-0.2, 0) is 22.4 Å². The lowest BCUT2D eigenvalue weighted by Gasteiger charge is -2.24. The third kappa shape index (κ3) is 9.30. The molecule has 9 heteroatoms. The lowest BCUT2D eigenvalue weighted by molar-refractivity contribution is -0.121. The summed E-state index contributed by atoms with van der Waals surface area (Å²) in [5, 5.41) is 7.94. The summed E-state index contributed by atoms with van der Waals surface area (Å²) in [7, 11) is 1.57. The van der Waals surface area contributed by atoms with Gasteiger partial charge in [0.1, 0.15) is 12.3 Å². The molecule has 0 bridgehead atoms. The summed E-state index contributed by atoms with van der Waals surface area (Å²) in [6, 6.07) is 17.0. The number of carbonyl (C=O) groups is 3. The monoisotopic (exact) mass is 536 g/mol. The Morgan fingerprint density at radius 3 is 2.37 bits per heavy atom. The Kier molecular flexibility index (Phi) is 10.8. The molecule has 38 heavy (non-hydrogen) atoms. The number of hydrogen-bond donors (Lipinski definition) is 2. The zero-order chi connectivity index (χ0) is 27.5. The number of benzene rings is 2. The van der Waals surface area contributed by atoms with Crippen molar-refractivity contribution in [3.8, 4) is 5.75 Å². The Morgan fingerprint density at radius 2 is 1.71 bits per heavy atom. The normalized spacial score (nSPS) is 11.6. The highest BCUT2D eigenvalue weighted by Gasteiger charge is 2.21. The van der Waals surface area contributed by atoms with Gasteiger partial charge in [0.15, 0.2) is 5.13 Å². The SMILES string of the molecule is COc1ccc(C(=O)N(CC(=O)Nc2nc(CC(=O)NC(C)CCc3ccccc3)cs2)CC(C)C)cc1. The molecule has 8 nitrogen and oxygen atoms in total. The van der Waals surface area contributed by atoms with Gasteiger partial charge in [-0.25, -0.2) is 4.98 Å². The van der Waals surface area contributed by atoms with Crippen LogP contribution in [0.4, 0.5) is 5.13 Å². The molecule has 1 unspecified atom stereocenters. The van der Waals surface area contributed by atoms with Crippen molar-refractivity contribution < 1.29 is 19.1 Å². The second-order valence-corrected chi connectivity index (χ2v) is 10.5. The molecule has 1 atom stereocenters. The molecular weight excluding hydrogens is 500 g/mol. The molecule has 202 valence electrons. The lowest BCUT2D eigenvalue weighted by Crippen LogP contribution is -2.40. The number of aryl methyl sites for hydroxylation is 1. The maximum Gasteiger partial charge on any atom is 0.254 e. The molecule has 1 heterocycles. The lowest BCUT2D eigenvalue weighted by atomic mass is 10.1. The predicted molar refractivity (Wildman–Crippen MR) is 151 cm³/mol. The molecule has 0 aliphatic rings. The molecule has 0 saturated heterocycles. The molecular formula is C29H36N4O4S. The van der Waals surface area contributed by atoms with Gasteiger partial charge in [0.2, 0.25) is 11.8 Å². The van der Waals surface area contributed by atoms with E-state index < -0.39 is 0 Å². The molecule has 0 fully saturated rings. The van der Waals surface area contributed by atoms with Gasteiger partial charge in [0.05, 0.1) is 19.2 Å². The van der Waals surface area contributed by atoms with Crippen LogP contribution in [0.5, 0.6) is 5.75 Å². The van der Waals surface area contributed by atoms with Crippen molar-refractivity contribution in [1.29, 1.82) is 0 Å². The second kappa shape index (κ2) is 14.3. The van der Waals surface area contributed by atoms with Gasteiger partial charge in [-0.05, 0) is 55.5 Å². The molecule has 0 radical (unpaired) electrons. The Labute approximate surface area is 228 Å². The summed E-state index contributed by atoms with van der Waals surface area (Å²) in [4.78, 5) is 44.2. The summed E-state index contributed by atoms with van der Waals surface area (Å²) >= 11 is 1.26. The first-order valence-electron chi connectivity index (χ1n) is 12.7. The molecule has 2 aromatic carbocycles. The van der Waals surface area contributed by atoms with Crippen LogP contribution in [0.2, 0.25) is 0 Å². The average molecular weight is 537 g/mol. The third-order valence-corrected chi connectivity index (χ3v) is 6.61. The summed E-state index contributed by atoms with van der Waals surface area (Å²) < 4.78 is 5.16. The third-order valence-electron chi connectivity index (χ3n) is 5.80. The number of nitrogens with zero attached hydrogens (tertiary/aromatic N) is 2. The number of anilines is 1. The van der Waals surface area contributed by atoms with Gasteiger partial charge >= 0.3 is 0 Å². The van der Waals surface area contributed by atoms with Crippen molar-refractivity contribution in [2.24, 2.45) is 5.92 Å². The largest absolute Gasteiger partial charge is 0.497 e. The van der Waals surface area contributed by atoms with Gasteiger partial charge in [-0.3, -0.25) is 14.4 Å². The molecule has 3 aromatic rings. The van der Waals surface area contributed by atoms with E-state index in [1.54, 1.807) is 36.8 Å². The second-order valence-electron chi connectivity index (χ2n) is 9.67. The number of nitrogens with one attached hydrogen (secondary N) is 2. The smallest absolute Gasteiger partial charge is 0.254 e. The molecule has 2 N–H and O–H groups in total. The number of rotatable bonds is 13. The molecule has 3 rings (SSSR count). The van der Waals surface area contributed by atoms with Crippen molar-refractivity contribution >= 4 is 34.2 Å². The van der Waals surface area contributed by atoms with E-state index in [0.717, 1.165) is 12.8 Å². The topological polar surface area (TPSA) is 101 Å². The van der Waals surface area contributed by atoms with Crippen LogP contribution in [0.3, 0.4) is 0 Å². The predicted octanol–water partition coefficient (Wildman–Crippen LogP) is 4.57. The van der Waals surface area contributed by atoms with E-state index in [1.807, 2.05) is 39.0 Å². The molecule has 0 aliphatic carbocycles. The number of hydrogen-bond acceptors (Lipinski definition) is 6. The summed E-state index contributed by atoms with van der Waals surface area (Å²) in [6.07, 6.45) is 1.87. The first-order chi connectivity index (χ1) is 18.2. The highest BCUT2D eigenvalue weighted by molar-refractivity contribution is 7.13. The Balaban J connectivity index is 1.50. The minimum absolute atomic E-state index is 0.0377. The van der Waals surface area contributed by atoms with Crippen molar-refractivity contribution in [3.05, 3.63) is 76.8 Å². The van der Waals surface area contributed by atoms with Crippen LogP contribution in [0, 0.1) is 5.92 Å². The first kappa shape index (κ1) is 28.8. The van der Waals surface area contributed by atoms with E-state index in [-0.39, 0.29) is 42.6 Å². The Morgan fingerprint density at radius 1 is 1.00 bits per heavy atom. The van der Waals surface area contributed by atoms with Crippen LogP contribution in [0.25, 0.3) is 0 Å². The van der Waals surface area contributed by atoms with Gasteiger partial charge in [-0.15, -0.1) is 11.3 Å². The van der Waals surface area contributed by atoms with Crippen LogP contribution in [0.15, 0.2) is 60.0 Å². The Bertz CT molecular complexity index is 1190. The molecule has 1 aromatic heterocycles.